The highest BCUT2D eigenvalue weighted by Crippen LogP contribution is 2.46. The molecule has 2 N–H and O–H groups in total. The molecule has 5 nitrogen and oxygen atoms in total. The van der Waals surface area contributed by atoms with Crippen LogP contribution in [0.1, 0.15) is 12.8 Å². The van der Waals surface area contributed by atoms with E-state index < -0.39 is 0 Å². The molecule has 2 unspecified atom stereocenters. The third-order valence-electron chi connectivity index (χ3n) is 3.81. The van der Waals surface area contributed by atoms with E-state index in [0.717, 1.165) is 12.8 Å². The highest BCUT2D eigenvalue weighted by molar-refractivity contribution is 5.86. The average molecular weight is 228 g/mol. The SMILES string of the molecule is COC1CN(C(=O)C2(CN)CC2)CC1OC. The van der Waals surface area contributed by atoms with Crippen molar-refractivity contribution in [3.63, 3.8) is 0 Å². The largest absolute Gasteiger partial charge is 0.377 e. The standard InChI is InChI=1S/C11H20N2O3/c1-15-8-5-13(6-9(8)16-2)10(14)11(7-12)3-4-11/h8-9H,3-7,12H2,1-2H3. The summed E-state index contributed by atoms with van der Waals surface area (Å²) in [6, 6.07) is 0. The van der Waals surface area contributed by atoms with E-state index in [0.29, 0.717) is 19.6 Å². The van der Waals surface area contributed by atoms with Crippen LogP contribution in [0.15, 0.2) is 0 Å². The van der Waals surface area contributed by atoms with Crippen LogP contribution in [-0.4, -0.2) is 56.9 Å². The van der Waals surface area contributed by atoms with Gasteiger partial charge >= 0.3 is 0 Å². The molecule has 92 valence electrons. The van der Waals surface area contributed by atoms with Gasteiger partial charge in [0.05, 0.1) is 5.41 Å². The highest BCUT2D eigenvalue weighted by atomic mass is 16.5. The molecule has 2 fully saturated rings. The molecular weight excluding hydrogens is 208 g/mol. The number of ether oxygens (including phenoxy) is 2. The van der Waals surface area contributed by atoms with Crippen LogP contribution in [-0.2, 0) is 14.3 Å². The third-order valence-corrected chi connectivity index (χ3v) is 3.81. The zero-order chi connectivity index (χ0) is 11.8. The van der Waals surface area contributed by atoms with Crippen molar-refractivity contribution in [3.8, 4) is 0 Å². The summed E-state index contributed by atoms with van der Waals surface area (Å²) in [5.74, 6) is 0.177. The first-order valence-electron chi connectivity index (χ1n) is 5.72. The Bertz CT molecular complexity index is 266. The Balaban J connectivity index is 1.99. The Morgan fingerprint density at radius 3 is 2.12 bits per heavy atom. The second kappa shape index (κ2) is 4.31. The number of amides is 1. The maximum atomic E-state index is 12.2. The average Bonchev–Trinajstić information content (AvgIpc) is 3.01. The summed E-state index contributed by atoms with van der Waals surface area (Å²) in [4.78, 5) is 14.1. The van der Waals surface area contributed by atoms with Crippen molar-refractivity contribution in [3.05, 3.63) is 0 Å². The third kappa shape index (κ3) is 1.83. The zero-order valence-corrected chi connectivity index (χ0v) is 9.94. The maximum absolute atomic E-state index is 12.2. The Morgan fingerprint density at radius 2 is 1.81 bits per heavy atom. The molecule has 0 aromatic carbocycles. The second-order valence-electron chi connectivity index (χ2n) is 4.74. The maximum Gasteiger partial charge on any atom is 0.230 e. The van der Waals surface area contributed by atoms with Crippen LogP contribution in [0, 0.1) is 5.41 Å². The summed E-state index contributed by atoms with van der Waals surface area (Å²) >= 11 is 0. The van der Waals surface area contributed by atoms with Crippen molar-refractivity contribution in [2.45, 2.75) is 25.0 Å². The van der Waals surface area contributed by atoms with E-state index in [9.17, 15) is 4.79 Å². The molecule has 1 aliphatic heterocycles. The lowest BCUT2D eigenvalue weighted by Gasteiger charge is -2.21. The van der Waals surface area contributed by atoms with Gasteiger partial charge in [-0.2, -0.15) is 0 Å². The molecule has 1 heterocycles. The molecule has 0 aromatic heterocycles. The van der Waals surface area contributed by atoms with Gasteiger partial charge in [-0.15, -0.1) is 0 Å². The van der Waals surface area contributed by atoms with Gasteiger partial charge in [-0.25, -0.2) is 0 Å². The molecule has 2 rings (SSSR count). The fraction of sp³-hybridized carbons (Fsp3) is 0.909. The van der Waals surface area contributed by atoms with E-state index >= 15 is 0 Å². The number of hydrogen-bond acceptors (Lipinski definition) is 4. The van der Waals surface area contributed by atoms with Gasteiger partial charge in [0.25, 0.3) is 0 Å². The van der Waals surface area contributed by atoms with Gasteiger partial charge in [0, 0.05) is 33.9 Å². The van der Waals surface area contributed by atoms with Crippen molar-refractivity contribution in [2.75, 3.05) is 33.9 Å². The number of rotatable bonds is 4. The topological polar surface area (TPSA) is 64.8 Å². The van der Waals surface area contributed by atoms with Crippen LogP contribution in [0.25, 0.3) is 0 Å². The lowest BCUT2D eigenvalue weighted by molar-refractivity contribution is -0.136. The number of methoxy groups -OCH3 is 2. The quantitative estimate of drug-likeness (QED) is 0.711. The minimum Gasteiger partial charge on any atom is -0.377 e. The van der Waals surface area contributed by atoms with Gasteiger partial charge in [-0.1, -0.05) is 0 Å². The summed E-state index contributed by atoms with van der Waals surface area (Å²) < 4.78 is 10.6. The zero-order valence-electron chi connectivity index (χ0n) is 9.94. The minimum absolute atomic E-state index is 0.0116. The van der Waals surface area contributed by atoms with Gasteiger partial charge in [0.15, 0.2) is 0 Å². The molecule has 0 spiro atoms. The first-order chi connectivity index (χ1) is 7.66. The van der Waals surface area contributed by atoms with Gasteiger partial charge in [0.1, 0.15) is 12.2 Å². The van der Waals surface area contributed by atoms with Crippen molar-refractivity contribution in [1.82, 2.24) is 4.90 Å². The summed E-state index contributed by atoms with van der Waals surface area (Å²) in [5, 5.41) is 0. The highest BCUT2D eigenvalue weighted by Gasteiger charge is 2.52. The predicted molar refractivity (Wildman–Crippen MR) is 58.9 cm³/mol. The van der Waals surface area contributed by atoms with Gasteiger partial charge < -0.3 is 20.1 Å². The molecule has 5 heteroatoms. The Labute approximate surface area is 95.9 Å². The van der Waals surface area contributed by atoms with Gasteiger partial charge in [-0.3, -0.25) is 4.79 Å². The first kappa shape index (κ1) is 11.8. The summed E-state index contributed by atoms with van der Waals surface area (Å²) in [6.07, 6.45) is 1.83. The molecule has 1 amide bonds. The minimum atomic E-state index is -0.263. The van der Waals surface area contributed by atoms with Crippen molar-refractivity contribution < 1.29 is 14.3 Å². The van der Waals surface area contributed by atoms with E-state index in [1.54, 1.807) is 14.2 Å². The predicted octanol–water partition coefficient (Wildman–Crippen LogP) is -0.402. The van der Waals surface area contributed by atoms with Gasteiger partial charge in [-0.05, 0) is 12.8 Å². The molecular formula is C11H20N2O3. The fourth-order valence-corrected chi connectivity index (χ4v) is 2.35. The molecule has 2 aliphatic rings. The van der Waals surface area contributed by atoms with Crippen LogP contribution in [0.4, 0.5) is 0 Å². The lowest BCUT2D eigenvalue weighted by Crippen LogP contribution is -2.39. The fourth-order valence-electron chi connectivity index (χ4n) is 2.35. The van der Waals surface area contributed by atoms with Crippen LogP contribution < -0.4 is 5.73 Å². The van der Waals surface area contributed by atoms with Crippen LogP contribution in [0.2, 0.25) is 0 Å². The number of likely N-dealkylation sites (tertiary alicyclic amines) is 1. The molecule has 1 aliphatic carbocycles. The summed E-state index contributed by atoms with van der Waals surface area (Å²) in [5.41, 5.74) is 5.40. The smallest absolute Gasteiger partial charge is 0.230 e. The summed E-state index contributed by atoms with van der Waals surface area (Å²) in [6.45, 7) is 1.70. The molecule has 0 bridgehead atoms. The first-order valence-corrected chi connectivity index (χ1v) is 5.72. The van der Waals surface area contributed by atoms with E-state index in [1.807, 2.05) is 4.90 Å². The molecule has 16 heavy (non-hydrogen) atoms. The number of carbonyl (C=O) groups is 1. The van der Waals surface area contributed by atoms with Crippen molar-refractivity contribution in [2.24, 2.45) is 11.1 Å². The van der Waals surface area contributed by atoms with Gasteiger partial charge in [0.2, 0.25) is 5.91 Å². The molecule has 0 aromatic rings. The lowest BCUT2D eigenvalue weighted by atomic mass is 10.1. The Morgan fingerprint density at radius 1 is 1.31 bits per heavy atom. The monoisotopic (exact) mass is 228 g/mol. The van der Waals surface area contributed by atoms with Crippen LogP contribution >= 0.6 is 0 Å². The number of hydrogen-bond donors (Lipinski definition) is 1. The van der Waals surface area contributed by atoms with E-state index in [1.165, 1.54) is 0 Å². The Kier molecular flexibility index (Phi) is 3.19. The number of nitrogens with two attached hydrogens (primary N) is 1. The van der Waals surface area contributed by atoms with Crippen molar-refractivity contribution >= 4 is 5.91 Å². The van der Waals surface area contributed by atoms with Crippen LogP contribution in [0.5, 0.6) is 0 Å². The van der Waals surface area contributed by atoms with E-state index in [4.69, 9.17) is 15.2 Å². The normalized spacial score (nSPS) is 31.8. The number of carbonyl (C=O) groups excluding carboxylic acids is 1. The molecule has 0 radical (unpaired) electrons. The molecule has 2 atom stereocenters. The Hall–Kier alpha value is -0.650. The van der Waals surface area contributed by atoms with E-state index in [2.05, 4.69) is 0 Å². The van der Waals surface area contributed by atoms with Crippen LogP contribution in [0.3, 0.4) is 0 Å². The molecule has 1 saturated carbocycles. The number of nitrogens with zero attached hydrogens (tertiary/aromatic N) is 1. The van der Waals surface area contributed by atoms with E-state index in [-0.39, 0.29) is 23.5 Å². The summed E-state index contributed by atoms with van der Waals surface area (Å²) in [7, 11) is 3.31. The van der Waals surface area contributed by atoms with Crippen molar-refractivity contribution in [1.29, 1.82) is 0 Å². The second-order valence-corrected chi connectivity index (χ2v) is 4.74. The molecule has 1 saturated heterocycles.